The van der Waals surface area contributed by atoms with Gasteiger partial charge in [-0.15, -0.1) is 0 Å². The van der Waals surface area contributed by atoms with E-state index in [0.717, 1.165) is 42.7 Å². The summed E-state index contributed by atoms with van der Waals surface area (Å²) in [6.45, 7) is 6.95. The molecule has 3 aromatic rings. The maximum atomic E-state index is 13.1. The average molecular weight is 523 g/mol. The van der Waals surface area contributed by atoms with Crippen molar-refractivity contribution in [1.82, 2.24) is 19.7 Å². The van der Waals surface area contributed by atoms with Crippen molar-refractivity contribution in [3.05, 3.63) is 39.8 Å². The summed E-state index contributed by atoms with van der Waals surface area (Å²) in [7, 11) is 1.81. The SMILES string of the molecule is CCCCCCCCCCCCCCCc1cccc(OCC)c1-c1nc2c(CCC)nn(C)c2c(=O)[nH]1. The third-order valence-corrected chi connectivity index (χ3v) is 7.45. The van der Waals surface area contributed by atoms with Gasteiger partial charge in [0.25, 0.3) is 5.56 Å². The Morgan fingerprint density at radius 1 is 0.816 bits per heavy atom. The van der Waals surface area contributed by atoms with Crippen LogP contribution in [0.15, 0.2) is 23.0 Å². The van der Waals surface area contributed by atoms with E-state index in [4.69, 9.17) is 9.72 Å². The zero-order valence-electron chi connectivity index (χ0n) is 24.4. The van der Waals surface area contributed by atoms with Crippen LogP contribution in [-0.4, -0.2) is 26.4 Å². The van der Waals surface area contributed by atoms with Crippen molar-refractivity contribution in [3.63, 3.8) is 0 Å². The van der Waals surface area contributed by atoms with Crippen molar-refractivity contribution in [2.24, 2.45) is 7.05 Å². The lowest BCUT2D eigenvalue weighted by atomic mass is 9.98. The van der Waals surface area contributed by atoms with Gasteiger partial charge in [0, 0.05) is 7.05 Å². The minimum Gasteiger partial charge on any atom is -0.493 e. The average Bonchev–Trinajstić information content (AvgIpc) is 3.22. The van der Waals surface area contributed by atoms with E-state index in [2.05, 4.69) is 36.1 Å². The first kappa shape index (κ1) is 29.9. The third-order valence-electron chi connectivity index (χ3n) is 7.45. The quantitative estimate of drug-likeness (QED) is 0.161. The number of H-pyrrole nitrogens is 1. The van der Waals surface area contributed by atoms with Crippen LogP contribution in [0.1, 0.15) is 122 Å². The van der Waals surface area contributed by atoms with Crippen molar-refractivity contribution >= 4 is 11.0 Å². The molecule has 6 heteroatoms. The lowest BCUT2D eigenvalue weighted by molar-refractivity contribution is 0.341. The number of ether oxygens (including phenoxy) is 1. The first-order chi connectivity index (χ1) is 18.6. The van der Waals surface area contributed by atoms with Gasteiger partial charge in [0.2, 0.25) is 0 Å². The van der Waals surface area contributed by atoms with Crippen LogP contribution in [0.3, 0.4) is 0 Å². The number of nitrogens with zero attached hydrogens (tertiary/aromatic N) is 3. The predicted molar refractivity (Wildman–Crippen MR) is 159 cm³/mol. The van der Waals surface area contributed by atoms with Crippen LogP contribution in [0, 0.1) is 0 Å². The zero-order valence-corrected chi connectivity index (χ0v) is 24.4. The summed E-state index contributed by atoms with van der Waals surface area (Å²) in [4.78, 5) is 21.1. The van der Waals surface area contributed by atoms with Crippen molar-refractivity contribution < 1.29 is 4.74 Å². The molecule has 0 bridgehead atoms. The Kier molecular flexibility index (Phi) is 12.9. The fraction of sp³-hybridized carbons (Fsp3) is 0.656. The fourth-order valence-electron chi connectivity index (χ4n) is 5.43. The Balaban J connectivity index is 1.60. The summed E-state index contributed by atoms with van der Waals surface area (Å²) >= 11 is 0. The van der Waals surface area contributed by atoms with Crippen molar-refractivity contribution in [1.29, 1.82) is 0 Å². The van der Waals surface area contributed by atoms with E-state index in [0.29, 0.717) is 23.5 Å². The number of aromatic nitrogens is 4. The molecule has 6 nitrogen and oxygen atoms in total. The Hall–Kier alpha value is -2.63. The summed E-state index contributed by atoms with van der Waals surface area (Å²) in [6.07, 6.45) is 20.2. The van der Waals surface area contributed by atoms with Gasteiger partial charge < -0.3 is 9.72 Å². The lowest BCUT2D eigenvalue weighted by Gasteiger charge is -2.15. The van der Waals surface area contributed by atoms with Gasteiger partial charge in [0.1, 0.15) is 17.1 Å². The van der Waals surface area contributed by atoms with Crippen LogP contribution in [0.25, 0.3) is 22.4 Å². The molecule has 210 valence electrons. The smallest absolute Gasteiger partial charge is 0.277 e. The topological polar surface area (TPSA) is 72.8 Å². The molecular weight excluding hydrogens is 472 g/mol. The Morgan fingerprint density at radius 3 is 2.05 bits per heavy atom. The number of nitrogens with one attached hydrogen (secondary N) is 1. The molecule has 38 heavy (non-hydrogen) atoms. The number of benzene rings is 1. The maximum absolute atomic E-state index is 13.1. The van der Waals surface area contributed by atoms with E-state index < -0.39 is 0 Å². The first-order valence-corrected chi connectivity index (χ1v) is 15.3. The number of fused-ring (bicyclic) bond motifs is 1. The molecule has 0 saturated heterocycles. The largest absolute Gasteiger partial charge is 0.493 e. The minimum absolute atomic E-state index is 0.152. The number of aryl methyl sites for hydroxylation is 3. The molecule has 0 atom stereocenters. The van der Waals surface area contributed by atoms with Gasteiger partial charge in [-0.1, -0.05) is 109 Å². The van der Waals surface area contributed by atoms with Gasteiger partial charge in [-0.2, -0.15) is 5.10 Å². The fourth-order valence-corrected chi connectivity index (χ4v) is 5.43. The molecule has 2 heterocycles. The van der Waals surface area contributed by atoms with E-state index in [1.165, 1.54) is 82.6 Å². The third kappa shape index (κ3) is 8.44. The Labute approximate surface area is 229 Å². The van der Waals surface area contributed by atoms with Gasteiger partial charge >= 0.3 is 0 Å². The molecule has 2 aromatic heterocycles. The Bertz CT molecular complexity index is 1160. The highest BCUT2D eigenvalue weighted by molar-refractivity contribution is 5.80. The highest BCUT2D eigenvalue weighted by atomic mass is 16.5. The minimum atomic E-state index is -0.152. The maximum Gasteiger partial charge on any atom is 0.277 e. The summed E-state index contributed by atoms with van der Waals surface area (Å²) in [5.41, 5.74) is 4.06. The second-order valence-electron chi connectivity index (χ2n) is 10.6. The van der Waals surface area contributed by atoms with Gasteiger partial charge in [0.05, 0.1) is 17.9 Å². The standard InChI is InChI=1S/C32H50N4O2/c1-5-8-9-10-11-12-13-14-15-16-17-18-19-22-25-23-20-24-27(38-7-3)28(25)31-33-29-26(21-6-2)35-36(4)30(29)32(37)34-31/h20,23-24H,5-19,21-22H2,1-4H3,(H,33,34,37). The second kappa shape index (κ2) is 16.4. The molecule has 0 aliphatic heterocycles. The Morgan fingerprint density at radius 2 is 1.45 bits per heavy atom. The number of rotatable bonds is 19. The highest BCUT2D eigenvalue weighted by Gasteiger charge is 2.19. The number of aromatic amines is 1. The van der Waals surface area contributed by atoms with Crippen LogP contribution in [0.2, 0.25) is 0 Å². The zero-order chi connectivity index (χ0) is 27.2. The molecule has 0 radical (unpaired) electrons. The van der Waals surface area contributed by atoms with E-state index >= 15 is 0 Å². The van der Waals surface area contributed by atoms with Crippen molar-refractivity contribution in [3.8, 4) is 17.1 Å². The molecule has 0 aliphatic rings. The summed E-state index contributed by atoms with van der Waals surface area (Å²) < 4.78 is 7.65. The van der Waals surface area contributed by atoms with Crippen molar-refractivity contribution in [2.45, 2.75) is 124 Å². The molecule has 0 amide bonds. The van der Waals surface area contributed by atoms with Crippen LogP contribution in [0.5, 0.6) is 5.75 Å². The monoisotopic (exact) mass is 522 g/mol. The molecule has 0 spiro atoms. The van der Waals surface area contributed by atoms with Gasteiger partial charge in [-0.3, -0.25) is 9.48 Å². The molecule has 3 rings (SSSR count). The first-order valence-electron chi connectivity index (χ1n) is 15.3. The molecule has 0 fully saturated rings. The molecular formula is C32H50N4O2. The normalized spacial score (nSPS) is 11.5. The molecule has 1 aromatic carbocycles. The molecule has 0 saturated carbocycles. The summed E-state index contributed by atoms with van der Waals surface area (Å²) in [6, 6.07) is 6.18. The molecule has 1 N–H and O–H groups in total. The highest BCUT2D eigenvalue weighted by Crippen LogP contribution is 2.33. The van der Waals surface area contributed by atoms with Crippen LogP contribution >= 0.6 is 0 Å². The molecule has 0 unspecified atom stereocenters. The second-order valence-corrected chi connectivity index (χ2v) is 10.6. The van der Waals surface area contributed by atoms with E-state index in [9.17, 15) is 4.79 Å². The van der Waals surface area contributed by atoms with Crippen LogP contribution < -0.4 is 10.3 Å². The van der Waals surface area contributed by atoms with Crippen molar-refractivity contribution in [2.75, 3.05) is 6.61 Å². The lowest BCUT2D eigenvalue weighted by Crippen LogP contribution is -2.13. The number of hydrogen-bond acceptors (Lipinski definition) is 4. The number of unbranched alkanes of at least 4 members (excludes halogenated alkanes) is 12. The van der Waals surface area contributed by atoms with Crippen LogP contribution in [-0.2, 0) is 19.9 Å². The van der Waals surface area contributed by atoms with E-state index in [-0.39, 0.29) is 5.56 Å². The van der Waals surface area contributed by atoms with E-state index in [1.54, 1.807) is 4.68 Å². The van der Waals surface area contributed by atoms with Crippen LogP contribution in [0.4, 0.5) is 0 Å². The summed E-state index contributed by atoms with van der Waals surface area (Å²) in [5.74, 6) is 1.37. The van der Waals surface area contributed by atoms with Gasteiger partial charge in [-0.05, 0) is 37.8 Å². The predicted octanol–water partition coefficient (Wildman–Crippen LogP) is 8.31. The number of hydrogen-bond donors (Lipinski definition) is 1. The summed E-state index contributed by atoms with van der Waals surface area (Å²) in [5, 5.41) is 4.58. The van der Waals surface area contributed by atoms with E-state index in [1.807, 2.05) is 20.0 Å². The van der Waals surface area contributed by atoms with Gasteiger partial charge in [0.15, 0.2) is 5.52 Å². The molecule has 0 aliphatic carbocycles. The van der Waals surface area contributed by atoms with Gasteiger partial charge in [-0.25, -0.2) is 4.98 Å².